The van der Waals surface area contributed by atoms with Crippen LogP contribution in [0, 0.1) is 18.8 Å². The zero-order valence-corrected chi connectivity index (χ0v) is 18.1. The van der Waals surface area contributed by atoms with Gasteiger partial charge in [0.25, 0.3) is 0 Å². The van der Waals surface area contributed by atoms with Crippen LogP contribution < -0.4 is 10.2 Å². The highest BCUT2D eigenvalue weighted by Gasteiger charge is 2.68. The Morgan fingerprint density at radius 2 is 1.87 bits per heavy atom. The first-order valence-corrected chi connectivity index (χ1v) is 10.4. The van der Waals surface area contributed by atoms with E-state index < -0.39 is 47.8 Å². The van der Waals surface area contributed by atoms with Gasteiger partial charge < -0.3 is 10.2 Å². The highest BCUT2D eigenvalue weighted by molar-refractivity contribution is 9.10. The average Bonchev–Trinajstić information content (AvgIpc) is 3.20. The molecular weight excluding hydrogens is 476 g/mol. The molecule has 3 N–H and O–H groups in total. The Morgan fingerprint density at radius 3 is 2.43 bits per heavy atom. The Bertz CT molecular complexity index is 1060. The van der Waals surface area contributed by atoms with E-state index in [1.165, 1.54) is 6.07 Å². The number of imide groups is 1. The number of aryl methyl sites for hydroxylation is 1. The number of carboxylic acids is 1. The molecule has 2 aliphatic heterocycles. The topological polar surface area (TPSA) is 107 Å². The minimum absolute atomic E-state index is 0.279. The van der Waals surface area contributed by atoms with Crippen molar-refractivity contribution in [1.29, 1.82) is 0 Å². The lowest BCUT2D eigenvalue weighted by atomic mass is 9.80. The van der Waals surface area contributed by atoms with Gasteiger partial charge in [-0.2, -0.15) is 0 Å². The Balaban J connectivity index is 1.85. The van der Waals surface area contributed by atoms with Crippen LogP contribution >= 0.6 is 27.5 Å². The number of aliphatic carboxylic acids is 1. The Kier molecular flexibility index (Phi) is 5.22. The van der Waals surface area contributed by atoms with Crippen molar-refractivity contribution in [3.8, 4) is 0 Å². The number of benzene rings is 2. The van der Waals surface area contributed by atoms with Crippen LogP contribution in [0.15, 0.2) is 46.9 Å². The highest BCUT2D eigenvalue weighted by atomic mass is 79.9. The van der Waals surface area contributed by atoms with E-state index in [0.29, 0.717) is 10.6 Å². The molecule has 156 valence electrons. The van der Waals surface area contributed by atoms with Crippen molar-refractivity contribution < 1.29 is 24.6 Å². The van der Waals surface area contributed by atoms with Crippen LogP contribution in [0.1, 0.15) is 17.2 Å². The number of amides is 2. The summed E-state index contributed by atoms with van der Waals surface area (Å²) in [5.74, 6) is -4.83. The summed E-state index contributed by atoms with van der Waals surface area (Å²) in [6.07, 6.45) is 0. The maximum atomic E-state index is 13.4. The lowest BCUT2D eigenvalue weighted by Gasteiger charge is -2.29. The molecular formula is C21H18BrClN2O5. The zero-order chi connectivity index (χ0) is 21.8. The normalized spacial score (nSPS) is 28.1. The van der Waals surface area contributed by atoms with E-state index in [-0.39, 0.29) is 5.69 Å². The van der Waals surface area contributed by atoms with E-state index in [4.69, 9.17) is 11.6 Å². The van der Waals surface area contributed by atoms with Crippen molar-refractivity contribution in [2.45, 2.75) is 18.5 Å². The van der Waals surface area contributed by atoms with E-state index >= 15 is 0 Å². The number of aliphatic hydroxyl groups is 1. The third kappa shape index (κ3) is 2.98. The molecule has 2 fully saturated rings. The first kappa shape index (κ1) is 21.0. The molecule has 4 unspecified atom stereocenters. The summed E-state index contributed by atoms with van der Waals surface area (Å²) in [5.41, 5.74) is -0.265. The Hall–Kier alpha value is -2.26. The van der Waals surface area contributed by atoms with Gasteiger partial charge in [-0.05, 0) is 42.3 Å². The fourth-order valence-electron chi connectivity index (χ4n) is 4.34. The molecule has 4 rings (SSSR count). The number of nitrogens with one attached hydrogen (secondary N) is 1. The number of carbonyl (C=O) groups is 3. The van der Waals surface area contributed by atoms with Gasteiger partial charge in [-0.3, -0.25) is 19.7 Å². The molecule has 30 heavy (non-hydrogen) atoms. The molecule has 0 aromatic heterocycles. The fourth-order valence-corrected chi connectivity index (χ4v) is 4.78. The van der Waals surface area contributed by atoms with Crippen molar-refractivity contribution in [3.05, 3.63) is 63.1 Å². The predicted octanol–water partition coefficient (Wildman–Crippen LogP) is 2.68. The molecule has 7 nitrogen and oxygen atoms in total. The van der Waals surface area contributed by atoms with E-state index in [1.54, 1.807) is 43.3 Å². The van der Waals surface area contributed by atoms with Crippen LogP contribution in [-0.4, -0.2) is 40.1 Å². The summed E-state index contributed by atoms with van der Waals surface area (Å²) in [6, 6.07) is 11.1. The lowest BCUT2D eigenvalue weighted by molar-refractivity contribution is -0.150. The van der Waals surface area contributed by atoms with Gasteiger partial charge >= 0.3 is 5.97 Å². The molecule has 2 aliphatic rings. The summed E-state index contributed by atoms with van der Waals surface area (Å²) >= 11 is 9.53. The minimum atomic E-state index is -1.97. The van der Waals surface area contributed by atoms with E-state index in [0.717, 1.165) is 14.9 Å². The number of hydrogen-bond donors (Lipinski definition) is 3. The molecule has 2 aromatic rings. The van der Waals surface area contributed by atoms with E-state index in [2.05, 4.69) is 21.2 Å². The maximum absolute atomic E-state index is 13.4. The zero-order valence-electron chi connectivity index (χ0n) is 15.8. The maximum Gasteiger partial charge on any atom is 0.327 e. The van der Waals surface area contributed by atoms with Gasteiger partial charge in [0, 0.05) is 15.5 Å². The van der Waals surface area contributed by atoms with Gasteiger partial charge in [-0.1, -0.05) is 45.7 Å². The smallest absolute Gasteiger partial charge is 0.327 e. The fraction of sp³-hybridized carbons (Fsp3) is 0.286. The number of halogens is 2. The van der Waals surface area contributed by atoms with Crippen molar-refractivity contribution in [2.24, 2.45) is 11.8 Å². The quantitative estimate of drug-likeness (QED) is 0.566. The highest BCUT2D eigenvalue weighted by Crippen LogP contribution is 2.50. The first-order valence-electron chi connectivity index (χ1n) is 9.22. The molecule has 9 heteroatoms. The lowest BCUT2D eigenvalue weighted by Crippen LogP contribution is -2.58. The van der Waals surface area contributed by atoms with Gasteiger partial charge in [0.1, 0.15) is 0 Å². The van der Waals surface area contributed by atoms with Gasteiger partial charge in [0.05, 0.1) is 24.1 Å². The van der Waals surface area contributed by atoms with Crippen LogP contribution in [-0.2, 0) is 14.4 Å². The molecule has 2 amide bonds. The number of fused-ring (bicyclic) bond motifs is 1. The SMILES string of the molecule is Cc1ccc(N2C(=O)C3C(c4ccc(Br)cc4)NC(CO)(C(=O)O)C3C2=O)cc1Cl. The third-order valence-electron chi connectivity index (χ3n) is 5.93. The van der Waals surface area contributed by atoms with Crippen LogP contribution in [0.4, 0.5) is 5.69 Å². The molecule has 0 spiro atoms. The summed E-state index contributed by atoms with van der Waals surface area (Å²) in [7, 11) is 0. The standard InChI is InChI=1S/C21H18BrClN2O5/c1-10-2-7-13(8-14(10)23)25-18(27)15-16(19(25)28)21(9-26,20(29)30)24-17(15)11-3-5-12(22)6-4-11/h2-8,15-17,24,26H,9H2,1H3,(H,29,30). The van der Waals surface area contributed by atoms with Crippen LogP contribution in [0.2, 0.25) is 5.02 Å². The van der Waals surface area contributed by atoms with Crippen LogP contribution in [0.5, 0.6) is 0 Å². The van der Waals surface area contributed by atoms with Crippen molar-refractivity contribution in [2.75, 3.05) is 11.5 Å². The van der Waals surface area contributed by atoms with Gasteiger partial charge in [-0.15, -0.1) is 0 Å². The van der Waals surface area contributed by atoms with Gasteiger partial charge in [0.15, 0.2) is 5.54 Å². The largest absolute Gasteiger partial charge is 0.480 e. The van der Waals surface area contributed by atoms with Crippen molar-refractivity contribution in [3.63, 3.8) is 0 Å². The predicted molar refractivity (Wildman–Crippen MR) is 113 cm³/mol. The molecule has 2 heterocycles. The second kappa shape index (κ2) is 7.46. The average molecular weight is 494 g/mol. The summed E-state index contributed by atoms with van der Waals surface area (Å²) in [6.45, 7) is 0.960. The summed E-state index contributed by atoms with van der Waals surface area (Å²) < 4.78 is 0.817. The van der Waals surface area contributed by atoms with Crippen LogP contribution in [0.25, 0.3) is 0 Å². The minimum Gasteiger partial charge on any atom is -0.480 e. The van der Waals surface area contributed by atoms with Crippen molar-refractivity contribution >= 4 is 51.0 Å². The number of carboxylic acid groups (broad SMARTS) is 1. The third-order valence-corrected chi connectivity index (χ3v) is 6.86. The number of aliphatic hydroxyl groups excluding tert-OH is 1. The first-order chi connectivity index (χ1) is 14.2. The van der Waals surface area contributed by atoms with Gasteiger partial charge in [0.2, 0.25) is 11.8 Å². The van der Waals surface area contributed by atoms with E-state index in [9.17, 15) is 24.6 Å². The number of anilines is 1. The monoisotopic (exact) mass is 492 g/mol. The molecule has 0 radical (unpaired) electrons. The number of hydrogen-bond acceptors (Lipinski definition) is 5. The molecule has 0 bridgehead atoms. The Morgan fingerprint density at radius 1 is 1.20 bits per heavy atom. The molecule has 2 saturated heterocycles. The van der Waals surface area contributed by atoms with Crippen molar-refractivity contribution in [1.82, 2.24) is 5.32 Å². The summed E-state index contributed by atoms with van der Waals surface area (Å²) in [5, 5.41) is 23.2. The molecule has 0 aliphatic carbocycles. The number of carbonyl (C=O) groups excluding carboxylic acids is 2. The molecule has 2 aromatic carbocycles. The summed E-state index contributed by atoms with van der Waals surface area (Å²) in [4.78, 5) is 39.9. The molecule has 4 atom stereocenters. The van der Waals surface area contributed by atoms with Crippen LogP contribution in [0.3, 0.4) is 0 Å². The van der Waals surface area contributed by atoms with Gasteiger partial charge in [-0.25, -0.2) is 4.90 Å². The number of nitrogens with zero attached hydrogens (tertiary/aromatic N) is 1. The van der Waals surface area contributed by atoms with E-state index in [1.807, 2.05) is 0 Å². The number of rotatable bonds is 4. The Labute approximate surface area is 185 Å². The second-order valence-electron chi connectivity index (χ2n) is 7.56. The molecule has 0 saturated carbocycles. The second-order valence-corrected chi connectivity index (χ2v) is 8.88.